The van der Waals surface area contributed by atoms with Gasteiger partial charge in [-0.05, 0) is 19.4 Å². The molecule has 0 aromatic rings. The fourth-order valence-electron chi connectivity index (χ4n) is 2.99. The van der Waals surface area contributed by atoms with E-state index >= 15 is 0 Å². The topological polar surface area (TPSA) is 21.7 Å². The Morgan fingerprint density at radius 1 is 0.480 bits per heavy atom. The van der Waals surface area contributed by atoms with Crippen LogP contribution in [0.15, 0.2) is 0 Å². The van der Waals surface area contributed by atoms with E-state index in [-0.39, 0.29) is 0 Å². The fraction of sp³-hybridized carbons (Fsp3) is 1.00. The lowest BCUT2D eigenvalue weighted by molar-refractivity contribution is 0.0740. The summed E-state index contributed by atoms with van der Waals surface area (Å²) in [6.45, 7) is 13.5. The highest BCUT2D eigenvalue weighted by molar-refractivity contribution is 4.54. The summed E-state index contributed by atoms with van der Waals surface area (Å²) in [4.78, 5) is 2.43. The molecule has 0 aromatic heterocycles. The highest BCUT2D eigenvalue weighted by atomic mass is 16.5. The molecule has 3 nitrogen and oxygen atoms in total. The second kappa shape index (κ2) is 21.9. The smallest absolute Gasteiger partial charge is 0.0593 e. The third kappa shape index (κ3) is 20.0. The Labute approximate surface area is 158 Å². The lowest BCUT2D eigenvalue weighted by atomic mass is 10.1. The molecule has 3 heteroatoms. The summed E-state index contributed by atoms with van der Waals surface area (Å²) < 4.78 is 11.6. The lowest BCUT2D eigenvalue weighted by Gasteiger charge is -2.20. The zero-order chi connectivity index (χ0) is 18.4. The van der Waals surface area contributed by atoms with Crippen LogP contribution in [0.4, 0.5) is 0 Å². The van der Waals surface area contributed by atoms with E-state index in [0.717, 1.165) is 46.1 Å². The minimum Gasteiger partial charge on any atom is -0.380 e. The number of hydrogen-bond donors (Lipinski definition) is 0. The van der Waals surface area contributed by atoms with Gasteiger partial charge in [-0.25, -0.2) is 0 Å². The van der Waals surface area contributed by atoms with Gasteiger partial charge in [0.25, 0.3) is 0 Å². The molecule has 0 bridgehead atoms. The third-order valence-corrected chi connectivity index (χ3v) is 4.84. The maximum atomic E-state index is 5.78. The second-order valence-electron chi connectivity index (χ2n) is 7.19. The van der Waals surface area contributed by atoms with Crippen molar-refractivity contribution in [2.24, 2.45) is 0 Å². The largest absolute Gasteiger partial charge is 0.380 e. The van der Waals surface area contributed by atoms with Crippen LogP contribution in [0.3, 0.4) is 0 Å². The van der Waals surface area contributed by atoms with Crippen molar-refractivity contribution in [3.63, 3.8) is 0 Å². The van der Waals surface area contributed by atoms with Crippen molar-refractivity contribution in [1.29, 1.82) is 0 Å². The van der Waals surface area contributed by atoms with Crippen molar-refractivity contribution < 1.29 is 9.47 Å². The molecule has 0 atom stereocenters. The molecule has 0 unspecified atom stereocenters. The zero-order valence-corrected chi connectivity index (χ0v) is 17.7. The van der Waals surface area contributed by atoms with E-state index in [0.29, 0.717) is 0 Å². The van der Waals surface area contributed by atoms with Gasteiger partial charge in [0.15, 0.2) is 0 Å². The van der Waals surface area contributed by atoms with E-state index in [9.17, 15) is 0 Å². The van der Waals surface area contributed by atoms with Gasteiger partial charge in [-0.2, -0.15) is 0 Å². The Hall–Kier alpha value is -0.120. The van der Waals surface area contributed by atoms with Gasteiger partial charge in [-0.1, -0.05) is 85.0 Å². The molecule has 0 aliphatic heterocycles. The van der Waals surface area contributed by atoms with E-state index in [1.54, 1.807) is 0 Å². The molecule has 0 saturated heterocycles. The minimum absolute atomic E-state index is 0.861. The van der Waals surface area contributed by atoms with Crippen molar-refractivity contribution in [2.75, 3.05) is 46.1 Å². The summed E-state index contributed by atoms with van der Waals surface area (Å²) in [6, 6.07) is 0. The van der Waals surface area contributed by atoms with Gasteiger partial charge in [0.2, 0.25) is 0 Å². The first-order chi connectivity index (χ1) is 12.3. The first-order valence-corrected chi connectivity index (χ1v) is 11.2. The molecule has 0 spiro atoms. The van der Waals surface area contributed by atoms with Gasteiger partial charge >= 0.3 is 0 Å². The van der Waals surface area contributed by atoms with Crippen LogP contribution in [0.5, 0.6) is 0 Å². The van der Waals surface area contributed by atoms with Crippen LogP contribution in [-0.2, 0) is 9.47 Å². The first kappa shape index (κ1) is 24.9. The average molecular weight is 358 g/mol. The maximum absolute atomic E-state index is 5.78. The summed E-state index contributed by atoms with van der Waals surface area (Å²) in [5.41, 5.74) is 0. The van der Waals surface area contributed by atoms with Crippen LogP contribution in [0, 0.1) is 0 Å². The van der Waals surface area contributed by atoms with Crippen molar-refractivity contribution >= 4 is 0 Å². The SMILES string of the molecule is CCCCCCCCOCCN(CC)CCOCCCCCCCC. The molecular weight excluding hydrogens is 310 g/mol. The van der Waals surface area contributed by atoms with Crippen LogP contribution in [0.1, 0.15) is 97.8 Å². The first-order valence-electron chi connectivity index (χ1n) is 11.2. The molecule has 0 radical (unpaired) electrons. The summed E-state index contributed by atoms with van der Waals surface area (Å²) >= 11 is 0. The van der Waals surface area contributed by atoms with Gasteiger partial charge in [0, 0.05) is 26.3 Å². The Morgan fingerprint density at radius 2 is 0.880 bits per heavy atom. The molecule has 0 rings (SSSR count). The molecule has 0 aromatic carbocycles. The van der Waals surface area contributed by atoms with E-state index in [1.807, 2.05) is 0 Å². The van der Waals surface area contributed by atoms with Crippen molar-refractivity contribution in [3.8, 4) is 0 Å². The lowest BCUT2D eigenvalue weighted by Crippen LogP contribution is -2.31. The molecule has 0 heterocycles. The molecule has 0 aliphatic carbocycles. The number of likely N-dealkylation sites (N-methyl/N-ethyl adjacent to an activating group) is 1. The third-order valence-electron chi connectivity index (χ3n) is 4.84. The van der Waals surface area contributed by atoms with Crippen LogP contribution < -0.4 is 0 Å². The van der Waals surface area contributed by atoms with E-state index in [4.69, 9.17) is 9.47 Å². The molecule has 0 amide bonds. The standard InChI is InChI=1S/C22H47NO2/c1-4-7-9-11-13-15-19-24-21-17-23(6-3)18-22-25-20-16-14-12-10-8-5-2/h4-22H2,1-3H3. The number of nitrogens with zero attached hydrogens (tertiary/aromatic N) is 1. The molecule has 25 heavy (non-hydrogen) atoms. The van der Waals surface area contributed by atoms with Gasteiger partial charge < -0.3 is 9.47 Å². The Morgan fingerprint density at radius 3 is 1.28 bits per heavy atom. The molecule has 0 saturated carbocycles. The molecule has 0 fully saturated rings. The molecule has 0 aliphatic rings. The van der Waals surface area contributed by atoms with Crippen molar-refractivity contribution in [2.45, 2.75) is 97.8 Å². The summed E-state index contributed by atoms with van der Waals surface area (Å²) in [7, 11) is 0. The maximum Gasteiger partial charge on any atom is 0.0593 e. The highest BCUT2D eigenvalue weighted by Gasteiger charge is 2.02. The quantitative estimate of drug-likeness (QED) is 0.233. The predicted molar refractivity (Wildman–Crippen MR) is 111 cm³/mol. The Bertz CT molecular complexity index is 214. The van der Waals surface area contributed by atoms with Crippen LogP contribution in [-0.4, -0.2) is 51.0 Å². The normalized spacial score (nSPS) is 11.5. The number of hydrogen-bond acceptors (Lipinski definition) is 3. The van der Waals surface area contributed by atoms with E-state index in [2.05, 4.69) is 25.7 Å². The number of unbranched alkanes of at least 4 members (excludes halogenated alkanes) is 10. The zero-order valence-electron chi connectivity index (χ0n) is 17.7. The van der Waals surface area contributed by atoms with Crippen LogP contribution in [0.25, 0.3) is 0 Å². The molecule has 152 valence electrons. The Kier molecular flexibility index (Phi) is 21.8. The van der Waals surface area contributed by atoms with E-state index < -0.39 is 0 Å². The summed E-state index contributed by atoms with van der Waals surface area (Å²) in [5, 5.41) is 0. The van der Waals surface area contributed by atoms with Gasteiger partial charge in [0.1, 0.15) is 0 Å². The van der Waals surface area contributed by atoms with E-state index in [1.165, 1.54) is 77.0 Å². The number of rotatable bonds is 21. The molecule has 0 N–H and O–H groups in total. The van der Waals surface area contributed by atoms with Gasteiger partial charge in [-0.15, -0.1) is 0 Å². The van der Waals surface area contributed by atoms with Crippen LogP contribution >= 0.6 is 0 Å². The van der Waals surface area contributed by atoms with Crippen molar-refractivity contribution in [1.82, 2.24) is 4.90 Å². The van der Waals surface area contributed by atoms with Gasteiger partial charge in [0.05, 0.1) is 13.2 Å². The van der Waals surface area contributed by atoms with Crippen molar-refractivity contribution in [3.05, 3.63) is 0 Å². The Balaban J connectivity index is 3.28. The predicted octanol–water partition coefficient (Wildman–Crippen LogP) is 6.06. The summed E-state index contributed by atoms with van der Waals surface area (Å²) in [5.74, 6) is 0. The second-order valence-corrected chi connectivity index (χ2v) is 7.19. The van der Waals surface area contributed by atoms with Crippen LogP contribution in [0.2, 0.25) is 0 Å². The highest BCUT2D eigenvalue weighted by Crippen LogP contribution is 2.05. The fourth-order valence-corrected chi connectivity index (χ4v) is 2.99. The monoisotopic (exact) mass is 357 g/mol. The average Bonchev–Trinajstić information content (AvgIpc) is 2.63. The molecular formula is C22H47NO2. The summed E-state index contributed by atoms with van der Waals surface area (Å²) in [6.07, 6.45) is 16.0. The van der Waals surface area contributed by atoms with Gasteiger partial charge in [-0.3, -0.25) is 4.90 Å². The number of ether oxygens (including phenoxy) is 2. The minimum atomic E-state index is 0.861.